The first kappa shape index (κ1) is 12.4. The number of hydrogen-bond acceptors (Lipinski definition) is 5. The molecule has 0 unspecified atom stereocenters. The van der Waals surface area contributed by atoms with Crippen LogP contribution in [-0.4, -0.2) is 36.7 Å². The number of amides is 1. The fraction of sp³-hybridized carbons (Fsp3) is 0.875. The van der Waals surface area contributed by atoms with Gasteiger partial charge in [-0.1, -0.05) is 6.92 Å². The highest BCUT2D eigenvalue weighted by Gasteiger charge is 2.35. The first-order valence-electron chi connectivity index (χ1n) is 5.22. The van der Waals surface area contributed by atoms with Gasteiger partial charge in [-0.3, -0.25) is 9.55 Å². The van der Waals surface area contributed by atoms with Crippen LogP contribution >= 0.6 is 0 Å². The molecule has 0 saturated carbocycles. The predicted octanol–water partition coefficient (Wildman–Crippen LogP) is -1.38. The zero-order chi connectivity index (χ0) is 11.3. The summed E-state index contributed by atoms with van der Waals surface area (Å²) in [6.07, 6.45) is 1.56. The second kappa shape index (κ2) is 5.46. The minimum atomic E-state index is -0.973. The summed E-state index contributed by atoms with van der Waals surface area (Å²) in [7, 11) is -0.973. The summed E-state index contributed by atoms with van der Waals surface area (Å²) in [5.74, 6) is -0.364. The minimum Gasteiger partial charge on any atom is -0.426 e. The Kier molecular flexibility index (Phi) is 4.53. The molecule has 1 fully saturated rings. The van der Waals surface area contributed by atoms with Crippen molar-refractivity contribution in [2.75, 3.05) is 13.1 Å². The summed E-state index contributed by atoms with van der Waals surface area (Å²) in [4.78, 5) is 11.6. The first-order valence-corrected chi connectivity index (χ1v) is 5.22. The topological polar surface area (TPSA) is 96.6 Å². The molecule has 1 amide bonds. The summed E-state index contributed by atoms with van der Waals surface area (Å²) in [6.45, 7) is 3.19. The van der Waals surface area contributed by atoms with Crippen molar-refractivity contribution in [3.8, 4) is 0 Å². The van der Waals surface area contributed by atoms with E-state index in [1.807, 2.05) is 0 Å². The monoisotopic (exact) mass is 215 g/mol. The van der Waals surface area contributed by atoms with Gasteiger partial charge in [0, 0.05) is 0 Å². The summed E-state index contributed by atoms with van der Waals surface area (Å²) in [5, 5.41) is 12.2. The Morgan fingerprint density at radius 3 is 2.80 bits per heavy atom. The van der Waals surface area contributed by atoms with E-state index in [0.717, 1.165) is 13.1 Å². The lowest BCUT2D eigenvalue weighted by Crippen LogP contribution is -2.59. The number of hydroxylamine groups is 1. The maximum absolute atomic E-state index is 11.6. The highest BCUT2D eigenvalue weighted by atomic mass is 16.7. The fourth-order valence-electron chi connectivity index (χ4n) is 1.41. The molecule has 0 bridgehead atoms. The summed E-state index contributed by atoms with van der Waals surface area (Å²) >= 11 is 0. The van der Waals surface area contributed by atoms with Crippen LogP contribution in [0.3, 0.4) is 0 Å². The van der Waals surface area contributed by atoms with Crippen LogP contribution in [0.15, 0.2) is 0 Å². The van der Waals surface area contributed by atoms with Crippen molar-refractivity contribution in [2.24, 2.45) is 5.73 Å². The fourth-order valence-corrected chi connectivity index (χ4v) is 1.41. The molecule has 1 saturated heterocycles. The molecule has 1 aliphatic heterocycles. The molecule has 0 aromatic carbocycles. The molecule has 1 aliphatic rings. The van der Waals surface area contributed by atoms with E-state index in [-0.39, 0.29) is 5.91 Å². The molecule has 0 radical (unpaired) electrons. The number of rotatable bonds is 4. The van der Waals surface area contributed by atoms with Gasteiger partial charge in [0.15, 0.2) is 0 Å². The van der Waals surface area contributed by atoms with Gasteiger partial charge in [-0.25, -0.2) is 5.48 Å². The van der Waals surface area contributed by atoms with Crippen molar-refractivity contribution in [2.45, 2.75) is 31.6 Å². The largest absolute Gasteiger partial charge is 0.478 e. The molecule has 0 atom stereocenters. The summed E-state index contributed by atoms with van der Waals surface area (Å²) < 4.78 is 4.73. The van der Waals surface area contributed by atoms with Crippen molar-refractivity contribution in [3.05, 3.63) is 0 Å². The number of carbonyl (C=O) groups is 1. The van der Waals surface area contributed by atoms with Crippen LogP contribution in [-0.2, 0) is 9.55 Å². The Labute approximate surface area is 89.6 Å². The third-order valence-electron chi connectivity index (χ3n) is 2.58. The van der Waals surface area contributed by atoms with Gasteiger partial charge >= 0.3 is 7.12 Å². The van der Waals surface area contributed by atoms with Gasteiger partial charge in [-0.05, 0) is 32.3 Å². The van der Waals surface area contributed by atoms with Crippen LogP contribution in [0.1, 0.15) is 19.8 Å². The number of nitrogens with two attached hydrogens (primary N) is 1. The molecule has 1 heterocycles. The Balaban J connectivity index is 2.37. The van der Waals surface area contributed by atoms with Crippen LogP contribution in [0.2, 0.25) is 6.32 Å². The van der Waals surface area contributed by atoms with Gasteiger partial charge in [0.1, 0.15) is 0 Å². The van der Waals surface area contributed by atoms with Gasteiger partial charge in [-0.15, -0.1) is 0 Å². The zero-order valence-corrected chi connectivity index (χ0v) is 8.95. The van der Waals surface area contributed by atoms with E-state index in [1.54, 1.807) is 6.92 Å². The van der Waals surface area contributed by atoms with Crippen molar-refractivity contribution in [3.63, 3.8) is 0 Å². The molecule has 5 N–H and O–H groups in total. The summed E-state index contributed by atoms with van der Waals surface area (Å²) in [6, 6.07) is 0. The maximum Gasteiger partial charge on any atom is 0.478 e. The Bertz CT molecular complexity index is 221. The molecule has 7 heteroatoms. The molecule has 86 valence electrons. The van der Waals surface area contributed by atoms with Gasteiger partial charge in [0.25, 0.3) is 5.91 Å². The normalized spacial score (nSPS) is 19.7. The molecular weight excluding hydrogens is 197 g/mol. The number of hydrogen-bond donors (Lipinski definition) is 4. The van der Waals surface area contributed by atoms with Crippen LogP contribution in [0.25, 0.3) is 0 Å². The smallest absolute Gasteiger partial charge is 0.426 e. The lowest BCUT2D eigenvalue weighted by atomic mass is 9.87. The van der Waals surface area contributed by atoms with Gasteiger partial charge in [-0.2, -0.15) is 0 Å². The van der Waals surface area contributed by atoms with Crippen LogP contribution in [0.5, 0.6) is 0 Å². The number of carbonyl (C=O) groups excluding carboxylic acids is 1. The van der Waals surface area contributed by atoms with Crippen LogP contribution in [0.4, 0.5) is 0 Å². The molecule has 6 nitrogen and oxygen atoms in total. The van der Waals surface area contributed by atoms with E-state index in [2.05, 4.69) is 10.8 Å². The molecular formula is C8H18BN3O3. The second-order valence-corrected chi connectivity index (χ2v) is 3.82. The van der Waals surface area contributed by atoms with E-state index in [9.17, 15) is 4.79 Å². The molecule has 15 heavy (non-hydrogen) atoms. The zero-order valence-electron chi connectivity index (χ0n) is 8.95. The van der Waals surface area contributed by atoms with E-state index >= 15 is 0 Å². The lowest BCUT2D eigenvalue weighted by molar-refractivity contribution is -0.135. The van der Waals surface area contributed by atoms with E-state index < -0.39 is 12.7 Å². The maximum atomic E-state index is 11.6. The standard InChI is InChI=1S/C8H18BN3O3/c1-2-9(14)15-12-7(13)8(10)3-5-11-6-4-8/h11,14H,2-6,10H2,1H3,(H,12,13). The van der Waals surface area contributed by atoms with Crippen LogP contribution in [0, 0.1) is 0 Å². The van der Waals surface area contributed by atoms with Crippen molar-refractivity contribution in [1.29, 1.82) is 0 Å². The van der Waals surface area contributed by atoms with Gasteiger partial charge in [0.2, 0.25) is 0 Å². The third kappa shape index (κ3) is 3.46. The molecule has 0 aromatic heterocycles. The highest BCUT2D eigenvalue weighted by Crippen LogP contribution is 2.14. The average Bonchev–Trinajstić information content (AvgIpc) is 2.26. The second-order valence-electron chi connectivity index (χ2n) is 3.82. The van der Waals surface area contributed by atoms with Crippen molar-refractivity contribution < 1.29 is 14.6 Å². The number of nitrogens with one attached hydrogen (secondary N) is 2. The third-order valence-corrected chi connectivity index (χ3v) is 2.58. The van der Waals surface area contributed by atoms with E-state index in [0.29, 0.717) is 19.2 Å². The van der Waals surface area contributed by atoms with Gasteiger partial charge < -0.3 is 16.1 Å². The molecule has 0 aliphatic carbocycles. The molecule has 0 spiro atoms. The number of piperidine rings is 1. The molecule has 0 aromatic rings. The Morgan fingerprint density at radius 2 is 2.27 bits per heavy atom. The van der Waals surface area contributed by atoms with E-state index in [4.69, 9.17) is 15.5 Å². The first-order chi connectivity index (χ1) is 7.08. The van der Waals surface area contributed by atoms with Crippen LogP contribution < -0.4 is 16.5 Å². The Morgan fingerprint density at radius 1 is 1.67 bits per heavy atom. The molecule has 1 rings (SSSR count). The van der Waals surface area contributed by atoms with Crippen molar-refractivity contribution >= 4 is 13.0 Å². The SMILES string of the molecule is CCB(O)ONC(=O)C1(N)CCNCC1. The van der Waals surface area contributed by atoms with E-state index in [1.165, 1.54) is 0 Å². The highest BCUT2D eigenvalue weighted by molar-refractivity contribution is 6.42. The van der Waals surface area contributed by atoms with Crippen molar-refractivity contribution in [1.82, 2.24) is 10.8 Å². The minimum absolute atomic E-state index is 0.364. The Hall–Kier alpha value is -0.625. The average molecular weight is 215 g/mol. The predicted molar refractivity (Wildman–Crippen MR) is 56.7 cm³/mol. The quantitative estimate of drug-likeness (QED) is 0.342. The van der Waals surface area contributed by atoms with Gasteiger partial charge in [0.05, 0.1) is 5.54 Å². The lowest BCUT2D eigenvalue weighted by Gasteiger charge is -2.32. The summed E-state index contributed by atoms with van der Waals surface area (Å²) in [5.41, 5.74) is 7.24.